The van der Waals surface area contributed by atoms with Crippen LogP contribution in [0.5, 0.6) is 0 Å². The maximum absolute atomic E-state index is 12.3. The van der Waals surface area contributed by atoms with Gasteiger partial charge in [0.05, 0.1) is 13.2 Å². The van der Waals surface area contributed by atoms with Crippen LogP contribution < -0.4 is 0 Å². The van der Waals surface area contributed by atoms with Gasteiger partial charge in [0.2, 0.25) is 11.8 Å². The first-order valence-electron chi connectivity index (χ1n) is 8.33. The van der Waals surface area contributed by atoms with Crippen LogP contribution in [0.15, 0.2) is 22.6 Å². The number of ether oxygens (including phenoxy) is 2. The fourth-order valence-corrected chi connectivity index (χ4v) is 2.67. The van der Waals surface area contributed by atoms with Gasteiger partial charge in [0.1, 0.15) is 6.04 Å². The number of carbonyl (C=O) groups excluding carboxylic acids is 2. The Morgan fingerprint density at radius 3 is 2.56 bits per heavy atom. The molecule has 0 aliphatic carbocycles. The first kappa shape index (κ1) is 20.7. The number of amides is 1. The Morgan fingerprint density at radius 2 is 2.00 bits per heavy atom. The Kier molecular flexibility index (Phi) is 6.79. The summed E-state index contributed by atoms with van der Waals surface area (Å²) in [6.45, 7) is 5.14. The Balaban J connectivity index is 2.38. The lowest BCUT2D eigenvalue weighted by Gasteiger charge is -2.26. The summed E-state index contributed by atoms with van der Waals surface area (Å²) < 4.78 is 15.5. The fraction of sp³-hybridized carbons (Fsp3) is 0.444. The average Bonchev–Trinajstić information content (AvgIpc) is 3.04. The number of likely N-dealkylation sites (N-methyl/N-ethyl adjacent to an activating group) is 1. The number of carbonyl (C=O) groups is 2. The molecule has 0 fully saturated rings. The first-order valence-corrected chi connectivity index (χ1v) is 8.71. The monoisotopic (exact) mass is 395 g/mol. The van der Waals surface area contributed by atoms with Crippen molar-refractivity contribution in [2.24, 2.45) is 0 Å². The minimum Gasteiger partial charge on any atom is -0.467 e. The van der Waals surface area contributed by atoms with Crippen molar-refractivity contribution in [1.82, 2.24) is 15.1 Å². The normalized spacial score (nSPS) is 12.0. The zero-order chi connectivity index (χ0) is 20.1. The van der Waals surface area contributed by atoms with Crippen molar-refractivity contribution >= 4 is 23.7 Å². The van der Waals surface area contributed by atoms with E-state index in [-0.39, 0.29) is 12.5 Å². The molecule has 9 heteroatoms. The van der Waals surface area contributed by atoms with E-state index in [1.54, 1.807) is 39.0 Å². The molecule has 8 nitrogen and oxygen atoms in total. The maximum Gasteiger partial charge on any atom is 0.410 e. The Hall–Kier alpha value is -2.61. The van der Waals surface area contributed by atoms with E-state index < -0.39 is 18.1 Å². The van der Waals surface area contributed by atoms with E-state index in [4.69, 9.17) is 25.5 Å². The van der Waals surface area contributed by atoms with Gasteiger partial charge in [-0.25, -0.2) is 9.59 Å². The van der Waals surface area contributed by atoms with Gasteiger partial charge in [-0.05, 0) is 37.6 Å². The van der Waals surface area contributed by atoms with Gasteiger partial charge in [-0.15, -0.1) is 10.2 Å². The molecular formula is C18H22ClN3O5. The highest BCUT2D eigenvalue weighted by molar-refractivity contribution is 6.30. The molecule has 1 aromatic heterocycles. The van der Waals surface area contributed by atoms with Gasteiger partial charge in [0.25, 0.3) is 0 Å². The van der Waals surface area contributed by atoms with E-state index in [0.29, 0.717) is 27.9 Å². The fourth-order valence-electron chi connectivity index (χ4n) is 2.48. The predicted molar refractivity (Wildman–Crippen MR) is 98.4 cm³/mol. The summed E-state index contributed by atoms with van der Waals surface area (Å²) in [6.07, 6.45) is -0.813. The summed E-state index contributed by atoms with van der Waals surface area (Å²) in [7, 11) is 2.74. The molecule has 2 rings (SSSR count). The number of halogens is 1. The minimum absolute atomic E-state index is 0.133. The molecule has 0 bridgehead atoms. The van der Waals surface area contributed by atoms with Crippen LogP contribution in [0.4, 0.5) is 4.79 Å². The molecular weight excluding hydrogens is 374 g/mol. The van der Waals surface area contributed by atoms with E-state index in [9.17, 15) is 9.59 Å². The van der Waals surface area contributed by atoms with Crippen molar-refractivity contribution in [3.05, 3.63) is 34.7 Å². The summed E-state index contributed by atoms with van der Waals surface area (Å²) in [4.78, 5) is 25.8. The average molecular weight is 396 g/mol. The number of nitrogens with zero attached hydrogens (tertiary/aromatic N) is 3. The molecule has 2 aromatic rings. The van der Waals surface area contributed by atoms with Crippen LogP contribution >= 0.6 is 11.6 Å². The summed E-state index contributed by atoms with van der Waals surface area (Å²) in [5.41, 5.74) is 1.28. The highest BCUT2D eigenvalue weighted by Crippen LogP contribution is 2.27. The number of hydrogen-bond acceptors (Lipinski definition) is 7. The van der Waals surface area contributed by atoms with E-state index in [1.807, 2.05) is 0 Å². The molecule has 1 heterocycles. The van der Waals surface area contributed by atoms with Crippen LogP contribution in [-0.2, 0) is 20.7 Å². The summed E-state index contributed by atoms with van der Waals surface area (Å²) in [5, 5.41) is 8.32. The second-order valence-electron chi connectivity index (χ2n) is 6.21. The van der Waals surface area contributed by atoms with Crippen molar-refractivity contribution < 1.29 is 23.5 Å². The number of rotatable bonds is 6. The van der Waals surface area contributed by atoms with Crippen LogP contribution in [0.2, 0.25) is 5.02 Å². The summed E-state index contributed by atoms with van der Waals surface area (Å²) in [6, 6.07) is 4.19. The Bertz CT molecular complexity index is 821. The lowest BCUT2D eigenvalue weighted by molar-refractivity contribution is -0.146. The van der Waals surface area contributed by atoms with E-state index in [1.165, 1.54) is 19.1 Å². The third kappa shape index (κ3) is 5.19. The molecule has 146 valence electrons. The van der Waals surface area contributed by atoms with Gasteiger partial charge >= 0.3 is 12.1 Å². The Labute approximate surface area is 162 Å². The minimum atomic E-state index is -0.914. The van der Waals surface area contributed by atoms with Gasteiger partial charge in [-0.3, -0.25) is 4.90 Å². The van der Waals surface area contributed by atoms with Gasteiger partial charge in [-0.1, -0.05) is 11.6 Å². The molecule has 0 spiro atoms. The molecule has 0 aliphatic heterocycles. The second-order valence-corrected chi connectivity index (χ2v) is 6.65. The Morgan fingerprint density at radius 1 is 1.30 bits per heavy atom. The molecule has 1 amide bonds. The topological polar surface area (TPSA) is 94.8 Å². The first-order chi connectivity index (χ1) is 12.7. The second kappa shape index (κ2) is 8.85. The smallest absolute Gasteiger partial charge is 0.410 e. The van der Waals surface area contributed by atoms with Crippen LogP contribution in [0, 0.1) is 6.92 Å². The van der Waals surface area contributed by atoms with Crippen molar-refractivity contribution in [3.8, 4) is 11.5 Å². The van der Waals surface area contributed by atoms with Crippen LogP contribution in [-0.4, -0.2) is 53.5 Å². The zero-order valence-corrected chi connectivity index (χ0v) is 16.6. The van der Waals surface area contributed by atoms with Gasteiger partial charge in [0.15, 0.2) is 0 Å². The maximum atomic E-state index is 12.3. The lowest BCUT2D eigenvalue weighted by Crippen LogP contribution is -2.45. The SMILES string of the molecule is COC(=O)[C@H](Cc1cc(Cl)ccc1-c1nnc(C)o1)N(C)C(=O)OC(C)C. The number of aromatic nitrogens is 2. The van der Waals surface area contributed by atoms with E-state index in [2.05, 4.69) is 10.2 Å². The number of aryl methyl sites for hydroxylation is 1. The highest BCUT2D eigenvalue weighted by atomic mass is 35.5. The quantitative estimate of drug-likeness (QED) is 0.692. The molecule has 1 atom stereocenters. The largest absolute Gasteiger partial charge is 0.467 e. The van der Waals surface area contributed by atoms with Crippen molar-refractivity contribution in [2.45, 2.75) is 39.3 Å². The van der Waals surface area contributed by atoms with Gasteiger partial charge < -0.3 is 13.9 Å². The lowest BCUT2D eigenvalue weighted by atomic mass is 9.99. The standard InChI is InChI=1S/C18H22ClN3O5/c1-10(2)26-18(24)22(4)15(17(23)25-5)9-12-8-13(19)6-7-14(12)16-21-20-11(3)27-16/h6-8,10,15H,9H2,1-5H3/t15-/m0/s1. The third-order valence-electron chi connectivity index (χ3n) is 3.80. The molecule has 1 aromatic carbocycles. The molecule has 27 heavy (non-hydrogen) atoms. The van der Waals surface area contributed by atoms with Gasteiger partial charge in [0, 0.05) is 31.0 Å². The highest BCUT2D eigenvalue weighted by Gasteiger charge is 2.31. The van der Waals surface area contributed by atoms with Crippen molar-refractivity contribution in [1.29, 1.82) is 0 Å². The molecule has 0 aliphatic rings. The van der Waals surface area contributed by atoms with Crippen molar-refractivity contribution in [2.75, 3.05) is 14.2 Å². The molecule has 0 unspecified atom stereocenters. The van der Waals surface area contributed by atoms with E-state index in [0.717, 1.165) is 0 Å². The van der Waals surface area contributed by atoms with Crippen LogP contribution in [0.25, 0.3) is 11.5 Å². The number of esters is 1. The summed E-state index contributed by atoms with van der Waals surface area (Å²) in [5.74, 6) is 0.133. The van der Waals surface area contributed by atoms with Crippen molar-refractivity contribution in [3.63, 3.8) is 0 Å². The zero-order valence-electron chi connectivity index (χ0n) is 15.9. The number of benzene rings is 1. The number of methoxy groups -OCH3 is 1. The molecule has 0 saturated heterocycles. The van der Waals surface area contributed by atoms with Gasteiger partial charge in [-0.2, -0.15) is 0 Å². The third-order valence-corrected chi connectivity index (χ3v) is 4.04. The van der Waals surface area contributed by atoms with Crippen LogP contribution in [0.3, 0.4) is 0 Å². The predicted octanol–water partition coefficient (Wildman–Crippen LogP) is 3.26. The molecule has 0 radical (unpaired) electrons. The number of hydrogen-bond donors (Lipinski definition) is 0. The molecule has 0 N–H and O–H groups in total. The molecule has 0 saturated carbocycles. The van der Waals surface area contributed by atoms with Crippen LogP contribution in [0.1, 0.15) is 25.3 Å². The summed E-state index contributed by atoms with van der Waals surface area (Å²) >= 11 is 6.13. The van der Waals surface area contributed by atoms with E-state index >= 15 is 0 Å².